The van der Waals surface area contributed by atoms with Gasteiger partial charge in [0.25, 0.3) is 0 Å². The maximum atomic E-state index is 11.9. The molecule has 0 bridgehead atoms. The predicted molar refractivity (Wildman–Crippen MR) is 122 cm³/mol. The highest BCUT2D eigenvalue weighted by atomic mass is 127. The van der Waals surface area contributed by atoms with Crippen molar-refractivity contribution in [2.24, 2.45) is 22.7 Å². The molecule has 27 heavy (non-hydrogen) atoms. The third-order valence-electron chi connectivity index (χ3n) is 5.40. The predicted octanol–water partition coefficient (Wildman–Crippen LogP) is 2.82. The first kappa shape index (κ1) is 24.5. The molecule has 0 amide bonds. The number of guanidine groups is 1. The zero-order chi connectivity index (χ0) is 18.9. The standard InChI is InChI=1S/C20H38N4O2.HI/c1-5-26-19(25)18-8-11-24(12-9-18)20(21-4)22-13-17-7-6-10-23(15-17)14-16(2)3;/h16-18H,5-15H2,1-4H3,(H,21,22);1H. The van der Waals surface area contributed by atoms with E-state index >= 15 is 0 Å². The summed E-state index contributed by atoms with van der Waals surface area (Å²) in [6.45, 7) is 13.3. The topological polar surface area (TPSA) is 57.2 Å². The highest BCUT2D eigenvalue weighted by Gasteiger charge is 2.28. The number of hydrogen-bond acceptors (Lipinski definition) is 4. The van der Waals surface area contributed by atoms with Gasteiger partial charge < -0.3 is 19.9 Å². The number of carbonyl (C=O) groups excluding carboxylic acids is 1. The van der Waals surface area contributed by atoms with E-state index in [1.54, 1.807) is 0 Å². The van der Waals surface area contributed by atoms with Crippen LogP contribution in [0.2, 0.25) is 0 Å². The summed E-state index contributed by atoms with van der Waals surface area (Å²) in [5.74, 6) is 2.41. The van der Waals surface area contributed by atoms with E-state index in [4.69, 9.17) is 4.74 Å². The Hall–Kier alpha value is -0.570. The van der Waals surface area contributed by atoms with E-state index in [2.05, 4.69) is 34.0 Å². The number of ether oxygens (including phenoxy) is 1. The van der Waals surface area contributed by atoms with Gasteiger partial charge in [0.15, 0.2) is 5.96 Å². The summed E-state index contributed by atoms with van der Waals surface area (Å²) in [6, 6.07) is 0. The van der Waals surface area contributed by atoms with Crippen LogP contribution in [0.4, 0.5) is 0 Å². The number of piperidine rings is 2. The Bertz CT molecular complexity index is 465. The average molecular weight is 494 g/mol. The number of nitrogens with zero attached hydrogens (tertiary/aromatic N) is 3. The molecule has 0 aromatic carbocycles. The van der Waals surface area contributed by atoms with Gasteiger partial charge in [0.2, 0.25) is 0 Å². The fourth-order valence-electron chi connectivity index (χ4n) is 4.16. The van der Waals surface area contributed by atoms with E-state index in [1.807, 2.05) is 14.0 Å². The van der Waals surface area contributed by atoms with Gasteiger partial charge in [-0.05, 0) is 51.0 Å². The molecule has 2 rings (SSSR count). The second-order valence-electron chi connectivity index (χ2n) is 8.10. The molecule has 2 fully saturated rings. The molecular formula is C20H39IN4O2. The maximum absolute atomic E-state index is 11.9. The Kier molecular flexibility index (Phi) is 11.6. The van der Waals surface area contributed by atoms with Crippen LogP contribution in [0.15, 0.2) is 4.99 Å². The van der Waals surface area contributed by atoms with E-state index in [0.717, 1.165) is 44.4 Å². The maximum Gasteiger partial charge on any atom is 0.309 e. The monoisotopic (exact) mass is 494 g/mol. The number of likely N-dealkylation sites (tertiary alicyclic amines) is 2. The summed E-state index contributed by atoms with van der Waals surface area (Å²) in [7, 11) is 1.85. The Morgan fingerprint density at radius 2 is 1.93 bits per heavy atom. The number of rotatable bonds is 6. The molecule has 1 unspecified atom stereocenters. The number of esters is 1. The second-order valence-corrected chi connectivity index (χ2v) is 8.10. The van der Waals surface area contributed by atoms with Gasteiger partial charge in [0.1, 0.15) is 0 Å². The Morgan fingerprint density at radius 1 is 1.22 bits per heavy atom. The molecule has 2 aliphatic rings. The third kappa shape index (κ3) is 8.13. The molecule has 0 aromatic heterocycles. The van der Waals surface area contributed by atoms with Gasteiger partial charge in [0.05, 0.1) is 12.5 Å². The minimum atomic E-state index is -0.0393. The first-order valence-electron chi connectivity index (χ1n) is 10.4. The van der Waals surface area contributed by atoms with Gasteiger partial charge in [-0.15, -0.1) is 24.0 Å². The molecule has 0 radical (unpaired) electrons. The van der Waals surface area contributed by atoms with E-state index in [9.17, 15) is 4.79 Å². The highest BCUT2D eigenvalue weighted by Crippen LogP contribution is 2.20. The number of nitrogens with one attached hydrogen (secondary N) is 1. The second kappa shape index (κ2) is 12.8. The fourth-order valence-corrected chi connectivity index (χ4v) is 4.16. The summed E-state index contributed by atoms with van der Waals surface area (Å²) in [5.41, 5.74) is 0. The van der Waals surface area contributed by atoms with Crippen molar-refractivity contribution in [1.82, 2.24) is 15.1 Å². The molecule has 0 saturated carbocycles. The van der Waals surface area contributed by atoms with Crippen LogP contribution in [0.5, 0.6) is 0 Å². The number of aliphatic imine (C=N–C) groups is 1. The smallest absolute Gasteiger partial charge is 0.309 e. The lowest BCUT2D eigenvalue weighted by Gasteiger charge is -2.36. The number of hydrogen-bond donors (Lipinski definition) is 1. The fraction of sp³-hybridized carbons (Fsp3) is 0.900. The molecule has 2 heterocycles. The minimum absolute atomic E-state index is 0. The number of carbonyl (C=O) groups is 1. The first-order valence-corrected chi connectivity index (χ1v) is 10.4. The van der Waals surface area contributed by atoms with Crippen LogP contribution in [-0.2, 0) is 9.53 Å². The molecule has 2 aliphatic heterocycles. The van der Waals surface area contributed by atoms with Crippen molar-refractivity contribution in [2.45, 2.75) is 46.5 Å². The van der Waals surface area contributed by atoms with Crippen LogP contribution < -0.4 is 5.32 Å². The molecule has 7 heteroatoms. The summed E-state index contributed by atoms with van der Waals surface area (Å²) in [5, 5.41) is 3.59. The molecule has 1 atom stereocenters. The zero-order valence-electron chi connectivity index (χ0n) is 17.6. The van der Waals surface area contributed by atoms with Crippen molar-refractivity contribution < 1.29 is 9.53 Å². The zero-order valence-corrected chi connectivity index (χ0v) is 19.9. The van der Waals surface area contributed by atoms with Gasteiger partial charge in [-0.2, -0.15) is 0 Å². The average Bonchev–Trinajstić information content (AvgIpc) is 2.63. The molecule has 2 saturated heterocycles. The van der Waals surface area contributed by atoms with Crippen LogP contribution in [0.25, 0.3) is 0 Å². The molecular weight excluding hydrogens is 455 g/mol. The van der Waals surface area contributed by atoms with Crippen LogP contribution in [0.1, 0.15) is 46.5 Å². The Morgan fingerprint density at radius 3 is 2.52 bits per heavy atom. The van der Waals surface area contributed by atoms with Gasteiger partial charge in [-0.3, -0.25) is 9.79 Å². The van der Waals surface area contributed by atoms with E-state index in [-0.39, 0.29) is 35.9 Å². The van der Waals surface area contributed by atoms with Crippen LogP contribution in [0, 0.1) is 17.8 Å². The minimum Gasteiger partial charge on any atom is -0.466 e. The van der Waals surface area contributed by atoms with Crippen LogP contribution in [-0.4, -0.2) is 74.7 Å². The van der Waals surface area contributed by atoms with Crippen molar-refractivity contribution in [3.05, 3.63) is 0 Å². The molecule has 1 N–H and O–H groups in total. The van der Waals surface area contributed by atoms with Crippen LogP contribution >= 0.6 is 24.0 Å². The normalized spacial score (nSPS) is 22.5. The Balaban J connectivity index is 0.00000364. The SMILES string of the molecule is CCOC(=O)C1CCN(C(=NC)NCC2CCCN(CC(C)C)C2)CC1.I. The lowest BCUT2D eigenvalue weighted by atomic mass is 9.96. The van der Waals surface area contributed by atoms with Crippen molar-refractivity contribution in [3.8, 4) is 0 Å². The lowest BCUT2D eigenvalue weighted by Crippen LogP contribution is -2.49. The summed E-state index contributed by atoms with van der Waals surface area (Å²) >= 11 is 0. The molecule has 0 aromatic rings. The van der Waals surface area contributed by atoms with E-state index in [1.165, 1.54) is 32.5 Å². The van der Waals surface area contributed by atoms with E-state index in [0.29, 0.717) is 12.5 Å². The third-order valence-corrected chi connectivity index (χ3v) is 5.40. The van der Waals surface area contributed by atoms with Gasteiger partial charge in [-0.1, -0.05) is 13.8 Å². The highest BCUT2D eigenvalue weighted by molar-refractivity contribution is 14.0. The number of halogens is 1. The van der Waals surface area contributed by atoms with Crippen molar-refractivity contribution >= 4 is 35.9 Å². The molecule has 158 valence electrons. The largest absolute Gasteiger partial charge is 0.466 e. The van der Waals surface area contributed by atoms with Crippen molar-refractivity contribution in [1.29, 1.82) is 0 Å². The van der Waals surface area contributed by atoms with Gasteiger partial charge >= 0.3 is 5.97 Å². The summed E-state index contributed by atoms with van der Waals surface area (Å²) < 4.78 is 5.16. The lowest BCUT2D eigenvalue weighted by molar-refractivity contribution is -0.149. The summed E-state index contributed by atoms with van der Waals surface area (Å²) in [6.07, 6.45) is 4.29. The van der Waals surface area contributed by atoms with E-state index < -0.39 is 0 Å². The van der Waals surface area contributed by atoms with Crippen LogP contribution in [0.3, 0.4) is 0 Å². The van der Waals surface area contributed by atoms with Crippen molar-refractivity contribution in [3.63, 3.8) is 0 Å². The summed E-state index contributed by atoms with van der Waals surface area (Å²) in [4.78, 5) is 21.3. The molecule has 0 aliphatic carbocycles. The quantitative estimate of drug-likeness (QED) is 0.267. The molecule has 6 nitrogen and oxygen atoms in total. The first-order chi connectivity index (χ1) is 12.5. The van der Waals surface area contributed by atoms with Gasteiger partial charge in [-0.25, -0.2) is 0 Å². The van der Waals surface area contributed by atoms with Crippen molar-refractivity contribution in [2.75, 3.05) is 52.9 Å². The Labute approximate surface area is 182 Å². The molecule has 0 spiro atoms. The van der Waals surface area contributed by atoms with Gasteiger partial charge in [0, 0.05) is 39.8 Å².